The molecular formula is C6H7MgO9P. The fraction of sp³-hybridized carbons (Fsp3) is 0.500. The first-order valence-electron chi connectivity index (χ1n) is 3.89. The Morgan fingerprint density at radius 3 is 2.35 bits per heavy atom. The van der Waals surface area contributed by atoms with Crippen LogP contribution in [-0.2, 0) is 18.6 Å². The van der Waals surface area contributed by atoms with E-state index in [2.05, 4.69) is 9.26 Å². The molecule has 1 unspecified atom stereocenters. The van der Waals surface area contributed by atoms with Gasteiger partial charge in [0.1, 0.15) is 12.2 Å². The van der Waals surface area contributed by atoms with E-state index in [1.165, 1.54) is 0 Å². The molecule has 0 saturated heterocycles. The second-order valence-corrected chi connectivity index (χ2v) is 4.11. The molecule has 0 fully saturated rings. The number of phosphoric ester groups is 1. The molecule has 0 radical (unpaired) electrons. The van der Waals surface area contributed by atoms with Crippen molar-refractivity contribution in [3.8, 4) is 0 Å². The summed E-state index contributed by atoms with van der Waals surface area (Å²) in [5.74, 6) is -4.10. The van der Waals surface area contributed by atoms with Crippen LogP contribution in [0.1, 0.15) is 0 Å². The van der Waals surface area contributed by atoms with Gasteiger partial charge in [-0.15, -0.1) is 0 Å². The summed E-state index contributed by atoms with van der Waals surface area (Å²) in [5, 5.41) is 30.9. The van der Waals surface area contributed by atoms with Gasteiger partial charge in [-0.2, -0.15) is 0 Å². The van der Waals surface area contributed by atoms with Crippen LogP contribution in [0.25, 0.3) is 0 Å². The fourth-order valence-corrected chi connectivity index (χ4v) is 1.31. The van der Waals surface area contributed by atoms with Crippen LogP contribution in [0.15, 0.2) is 11.5 Å². The van der Waals surface area contributed by atoms with Gasteiger partial charge in [0.2, 0.25) is 0 Å². The van der Waals surface area contributed by atoms with Crippen molar-refractivity contribution in [3.63, 3.8) is 0 Å². The summed E-state index contributed by atoms with van der Waals surface area (Å²) in [6, 6.07) is 0. The summed E-state index contributed by atoms with van der Waals surface area (Å²) >= 11 is 0. The van der Waals surface area contributed by atoms with Gasteiger partial charge in [-0.05, 0) is 5.76 Å². The van der Waals surface area contributed by atoms with Gasteiger partial charge < -0.3 is 29.8 Å². The summed E-state index contributed by atoms with van der Waals surface area (Å²) < 4.78 is 18.3. The van der Waals surface area contributed by atoms with E-state index < -0.39 is 44.1 Å². The van der Waals surface area contributed by atoms with E-state index in [-0.39, 0.29) is 23.1 Å². The molecule has 2 atom stereocenters. The molecule has 0 amide bonds. The van der Waals surface area contributed by atoms with Crippen LogP contribution in [0.3, 0.4) is 0 Å². The van der Waals surface area contributed by atoms with Crippen LogP contribution >= 0.6 is 7.82 Å². The van der Waals surface area contributed by atoms with Crippen LogP contribution in [0.5, 0.6) is 0 Å². The first-order chi connectivity index (χ1) is 7.22. The Kier molecular flexibility index (Phi) is 5.88. The molecule has 1 aliphatic heterocycles. The van der Waals surface area contributed by atoms with Gasteiger partial charge in [-0.3, -0.25) is 4.52 Å². The third kappa shape index (κ3) is 4.43. The van der Waals surface area contributed by atoms with E-state index in [0.717, 1.165) is 0 Å². The molecule has 0 aliphatic carbocycles. The molecule has 0 aromatic rings. The number of ether oxygens (including phenoxy) is 1. The van der Waals surface area contributed by atoms with Crippen molar-refractivity contribution in [2.24, 2.45) is 0 Å². The Bertz CT molecular complexity index is 374. The summed E-state index contributed by atoms with van der Waals surface area (Å²) in [7, 11) is -4.81. The minimum Gasteiger partial charge on any atom is -0.873 e. The fourth-order valence-electron chi connectivity index (χ4n) is 0.966. The number of carbonyl (C=O) groups is 1. The predicted molar refractivity (Wildman–Crippen MR) is 46.7 cm³/mol. The van der Waals surface area contributed by atoms with Crippen LogP contribution in [-0.4, -0.2) is 62.7 Å². The molecule has 1 aliphatic rings. The van der Waals surface area contributed by atoms with E-state index in [0.29, 0.717) is 0 Å². The number of phosphoric acid groups is 1. The maximum Gasteiger partial charge on any atom is 2.00 e. The number of carbonyl (C=O) groups excluding carboxylic acids is 1. The first-order valence-corrected chi connectivity index (χ1v) is 5.42. The minimum atomic E-state index is -4.81. The van der Waals surface area contributed by atoms with Crippen molar-refractivity contribution >= 4 is 36.8 Å². The number of cyclic esters (lactones) is 1. The molecule has 11 heteroatoms. The average Bonchev–Trinajstić information content (AvgIpc) is 2.41. The van der Waals surface area contributed by atoms with E-state index in [1.54, 1.807) is 0 Å². The maximum atomic E-state index is 11.0. The molecule has 0 bridgehead atoms. The molecule has 0 aromatic carbocycles. The summed E-state index contributed by atoms with van der Waals surface area (Å²) in [4.78, 5) is 27.2. The van der Waals surface area contributed by atoms with Gasteiger partial charge in [-0.1, -0.05) is 5.76 Å². The molecule has 0 aromatic heterocycles. The maximum absolute atomic E-state index is 11.0. The van der Waals surface area contributed by atoms with Crippen molar-refractivity contribution < 1.29 is 43.7 Å². The van der Waals surface area contributed by atoms with Crippen molar-refractivity contribution in [2.75, 3.05) is 6.61 Å². The molecule has 1 heterocycles. The van der Waals surface area contributed by atoms with Gasteiger partial charge in [0, 0.05) is 0 Å². The van der Waals surface area contributed by atoms with Gasteiger partial charge in [0.25, 0.3) is 0 Å². The Balaban J connectivity index is 0.00000256. The number of aliphatic hydroxyl groups excluding tert-OH is 1. The SMILES string of the molecule is O=C1O[C@H](C(O)COP(=O)(O)O)C([O-])=C1[O-].[Mg+2]. The normalized spacial score (nSPS) is 22.1. The largest absolute Gasteiger partial charge is 2.00 e. The topological polar surface area (TPSA) is 159 Å². The van der Waals surface area contributed by atoms with Crippen molar-refractivity contribution in [1.82, 2.24) is 0 Å². The second kappa shape index (κ2) is 6.00. The molecule has 3 N–H and O–H groups in total. The molecule has 0 spiro atoms. The van der Waals surface area contributed by atoms with Gasteiger partial charge in [0.05, 0.1) is 6.61 Å². The number of hydrogen-bond acceptors (Lipinski definition) is 7. The quantitative estimate of drug-likeness (QED) is 0.264. The zero-order valence-electron chi connectivity index (χ0n) is 8.31. The second-order valence-electron chi connectivity index (χ2n) is 2.87. The smallest absolute Gasteiger partial charge is 0.873 e. The van der Waals surface area contributed by atoms with Gasteiger partial charge in [0.15, 0.2) is 0 Å². The van der Waals surface area contributed by atoms with Gasteiger partial charge >= 0.3 is 36.8 Å². The third-order valence-corrected chi connectivity index (χ3v) is 2.15. The molecule has 9 nitrogen and oxygen atoms in total. The zero-order valence-corrected chi connectivity index (χ0v) is 10.6. The molecule has 1 rings (SSSR count). The predicted octanol–water partition coefficient (Wildman–Crippen LogP) is -4.07. The van der Waals surface area contributed by atoms with Crippen molar-refractivity contribution in [1.29, 1.82) is 0 Å². The van der Waals surface area contributed by atoms with Gasteiger partial charge in [-0.25, -0.2) is 9.36 Å². The molecule has 92 valence electrons. The Hall–Kier alpha value is -0.354. The van der Waals surface area contributed by atoms with E-state index >= 15 is 0 Å². The van der Waals surface area contributed by atoms with Crippen molar-refractivity contribution in [3.05, 3.63) is 11.5 Å². The van der Waals surface area contributed by atoms with E-state index in [9.17, 15) is 24.7 Å². The molecular weight excluding hydrogens is 271 g/mol. The Morgan fingerprint density at radius 1 is 1.47 bits per heavy atom. The monoisotopic (exact) mass is 278 g/mol. The number of hydrogen-bond donors (Lipinski definition) is 3. The van der Waals surface area contributed by atoms with Crippen LogP contribution < -0.4 is 10.2 Å². The van der Waals surface area contributed by atoms with Crippen molar-refractivity contribution in [2.45, 2.75) is 12.2 Å². The number of esters is 1. The molecule has 17 heavy (non-hydrogen) atoms. The van der Waals surface area contributed by atoms with E-state index in [4.69, 9.17) is 9.79 Å². The average molecular weight is 278 g/mol. The zero-order chi connectivity index (χ0) is 12.5. The Morgan fingerprint density at radius 2 is 2.00 bits per heavy atom. The number of aliphatic hydroxyl groups is 1. The van der Waals surface area contributed by atoms with Crippen LogP contribution in [0.2, 0.25) is 0 Å². The standard InChI is InChI=1S/C6H9O9P.Mg/c7-2(1-14-16(11,12)13)5-3(8)4(9)6(10)15-5;/h2,5,7-9H,1H2,(H2,11,12,13);/q;+2/p-2/t2?,5-;/m1./s1. The third-order valence-electron chi connectivity index (χ3n) is 1.66. The summed E-state index contributed by atoms with van der Waals surface area (Å²) in [6.45, 7) is -0.943. The summed E-state index contributed by atoms with van der Waals surface area (Å²) in [5.41, 5.74) is 0. The minimum absolute atomic E-state index is 0. The van der Waals surface area contributed by atoms with Crippen LogP contribution in [0, 0.1) is 0 Å². The molecule has 0 saturated carbocycles. The first kappa shape index (κ1) is 16.6. The number of rotatable bonds is 4. The Labute approximate surface area is 111 Å². The van der Waals surface area contributed by atoms with Crippen LogP contribution in [0.4, 0.5) is 0 Å². The summed E-state index contributed by atoms with van der Waals surface area (Å²) in [6.07, 6.45) is -3.58. The van der Waals surface area contributed by atoms with E-state index in [1.807, 2.05) is 0 Å².